The molecule has 0 spiro atoms. The van der Waals surface area contributed by atoms with Crippen LogP contribution in [-0.4, -0.2) is 41.7 Å². The van der Waals surface area contributed by atoms with Crippen LogP contribution in [0.2, 0.25) is 0 Å². The van der Waals surface area contributed by atoms with Gasteiger partial charge in [0.2, 0.25) is 15.9 Å². The summed E-state index contributed by atoms with van der Waals surface area (Å²) in [6.45, 7) is 1.07. The molecule has 0 saturated carbocycles. The third-order valence-electron chi connectivity index (χ3n) is 2.75. The molecule has 0 saturated heterocycles. The predicted octanol–water partition coefficient (Wildman–Crippen LogP) is 0.0378. The molecule has 7 nitrogen and oxygen atoms in total. The van der Waals surface area contributed by atoms with Gasteiger partial charge in [0.1, 0.15) is 10.6 Å². The second-order valence-electron chi connectivity index (χ2n) is 4.40. The summed E-state index contributed by atoms with van der Waals surface area (Å²) in [5.74, 6) is -0.0432. The number of amides is 1. The summed E-state index contributed by atoms with van der Waals surface area (Å²) >= 11 is 0. The van der Waals surface area contributed by atoms with Gasteiger partial charge < -0.3 is 14.8 Å². The minimum Gasteiger partial charge on any atom is -0.495 e. The zero-order valence-corrected chi connectivity index (χ0v) is 12.9. The molecule has 3 N–H and O–H groups in total. The van der Waals surface area contributed by atoms with E-state index >= 15 is 0 Å². The maximum absolute atomic E-state index is 11.7. The third kappa shape index (κ3) is 5.70. The van der Waals surface area contributed by atoms with Crippen molar-refractivity contribution in [3.8, 4) is 5.75 Å². The number of carbonyl (C=O) groups excluding carboxylic acids is 1. The van der Waals surface area contributed by atoms with E-state index in [-0.39, 0.29) is 23.0 Å². The Hall–Kier alpha value is -1.64. The molecular formula is C13H20N2O5S. The number of rotatable bonds is 8. The highest BCUT2D eigenvalue weighted by Gasteiger charge is 2.16. The van der Waals surface area contributed by atoms with E-state index in [4.69, 9.17) is 14.6 Å². The molecule has 0 aliphatic heterocycles. The van der Waals surface area contributed by atoms with Crippen molar-refractivity contribution < 1.29 is 22.7 Å². The fourth-order valence-corrected chi connectivity index (χ4v) is 2.49. The molecule has 0 aromatic heterocycles. The number of hydrogen-bond donors (Lipinski definition) is 2. The van der Waals surface area contributed by atoms with Crippen LogP contribution >= 0.6 is 0 Å². The van der Waals surface area contributed by atoms with Gasteiger partial charge in [0, 0.05) is 20.3 Å². The third-order valence-corrected chi connectivity index (χ3v) is 3.68. The van der Waals surface area contributed by atoms with Crippen LogP contribution in [0.25, 0.3) is 0 Å². The molecule has 0 aliphatic rings. The van der Waals surface area contributed by atoms with Crippen LogP contribution in [0.5, 0.6) is 5.75 Å². The Morgan fingerprint density at radius 3 is 2.62 bits per heavy atom. The summed E-state index contributed by atoms with van der Waals surface area (Å²) < 4.78 is 32.8. The van der Waals surface area contributed by atoms with Gasteiger partial charge in [-0.25, -0.2) is 13.6 Å². The summed E-state index contributed by atoms with van der Waals surface area (Å²) in [6, 6.07) is 4.46. The lowest BCUT2D eigenvalue weighted by molar-refractivity contribution is -0.120. The molecule has 0 radical (unpaired) electrons. The Kier molecular flexibility index (Phi) is 6.60. The molecule has 0 atom stereocenters. The van der Waals surface area contributed by atoms with Crippen molar-refractivity contribution in [2.75, 3.05) is 27.4 Å². The van der Waals surface area contributed by atoms with E-state index in [1.165, 1.54) is 19.2 Å². The first kappa shape index (κ1) is 17.4. The smallest absolute Gasteiger partial charge is 0.241 e. The molecule has 0 heterocycles. The quantitative estimate of drug-likeness (QED) is 0.658. The van der Waals surface area contributed by atoms with E-state index in [0.29, 0.717) is 25.1 Å². The van der Waals surface area contributed by atoms with E-state index in [1.54, 1.807) is 13.2 Å². The van der Waals surface area contributed by atoms with Crippen molar-refractivity contribution in [2.45, 2.75) is 17.7 Å². The number of hydrogen-bond acceptors (Lipinski definition) is 5. The minimum absolute atomic E-state index is 0.0689. The SMILES string of the molecule is COCCCNC(=O)Cc1ccc(OC)c(S(N)(=O)=O)c1. The summed E-state index contributed by atoms with van der Waals surface area (Å²) in [5, 5.41) is 7.85. The molecule has 1 rings (SSSR count). The highest BCUT2D eigenvalue weighted by atomic mass is 32.2. The first-order valence-corrected chi connectivity index (χ1v) is 7.88. The molecule has 118 valence electrons. The van der Waals surface area contributed by atoms with Gasteiger partial charge in [-0.15, -0.1) is 0 Å². The fourth-order valence-electron chi connectivity index (χ4n) is 1.75. The van der Waals surface area contributed by atoms with Crippen LogP contribution in [0.3, 0.4) is 0 Å². The lowest BCUT2D eigenvalue weighted by Gasteiger charge is -2.09. The standard InChI is InChI=1S/C13H20N2O5S/c1-19-7-3-6-15-13(16)9-10-4-5-11(20-2)12(8-10)21(14,17)18/h4-5,8H,3,6-7,9H2,1-2H3,(H,15,16)(H2,14,17,18). The van der Waals surface area contributed by atoms with E-state index in [1.807, 2.05) is 0 Å². The summed E-state index contributed by atoms with van der Waals surface area (Å²) in [6.07, 6.45) is 0.785. The van der Waals surface area contributed by atoms with E-state index in [9.17, 15) is 13.2 Å². The van der Waals surface area contributed by atoms with Gasteiger partial charge in [-0.2, -0.15) is 0 Å². The minimum atomic E-state index is -3.90. The Balaban J connectivity index is 2.74. The monoisotopic (exact) mass is 316 g/mol. The normalized spacial score (nSPS) is 11.2. The van der Waals surface area contributed by atoms with Gasteiger partial charge in [-0.3, -0.25) is 4.79 Å². The molecule has 0 fully saturated rings. The van der Waals surface area contributed by atoms with Crippen LogP contribution in [0.1, 0.15) is 12.0 Å². The topological polar surface area (TPSA) is 108 Å². The lowest BCUT2D eigenvalue weighted by Crippen LogP contribution is -2.26. The first-order valence-electron chi connectivity index (χ1n) is 6.34. The molecule has 8 heteroatoms. The van der Waals surface area contributed by atoms with Crippen molar-refractivity contribution in [3.63, 3.8) is 0 Å². The maximum Gasteiger partial charge on any atom is 0.241 e. The Morgan fingerprint density at radius 1 is 1.33 bits per heavy atom. The zero-order chi connectivity index (χ0) is 15.9. The van der Waals surface area contributed by atoms with Gasteiger partial charge >= 0.3 is 0 Å². The zero-order valence-electron chi connectivity index (χ0n) is 12.1. The average molecular weight is 316 g/mol. The molecule has 21 heavy (non-hydrogen) atoms. The van der Waals surface area contributed by atoms with Gasteiger partial charge in [-0.05, 0) is 24.1 Å². The number of nitrogens with two attached hydrogens (primary N) is 1. The largest absolute Gasteiger partial charge is 0.495 e. The molecule has 1 aromatic rings. The second-order valence-corrected chi connectivity index (χ2v) is 5.93. The van der Waals surface area contributed by atoms with Crippen molar-refractivity contribution >= 4 is 15.9 Å². The van der Waals surface area contributed by atoms with Crippen LogP contribution in [0.4, 0.5) is 0 Å². The van der Waals surface area contributed by atoms with Crippen LogP contribution < -0.4 is 15.2 Å². The highest BCUT2D eigenvalue weighted by molar-refractivity contribution is 7.89. The van der Waals surface area contributed by atoms with Crippen molar-refractivity contribution in [1.29, 1.82) is 0 Å². The second kappa shape index (κ2) is 7.96. The van der Waals surface area contributed by atoms with Crippen molar-refractivity contribution in [2.24, 2.45) is 5.14 Å². The first-order chi connectivity index (χ1) is 9.88. The molecular weight excluding hydrogens is 296 g/mol. The van der Waals surface area contributed by atoms with E-state index in [0.717, 1.165) is 0 Å². The van der Waals surface area contributed by atoms with Gasteiger partial charge in [-0.1, -0.05) is 6.07 Å². The van der Waals surface area contributed by atoms with Gasteiger partial charge in [0.25, 0.3) is 0 Å². The number of ether oxygens (including phenoxy) is 2. The van der Waals surface area contributed by atoms with Crippen LogP contribution in [0.15, 0.2) is 23.1 Å². The predicted molar refractivity (Wildman–Crippen MR) is 77.6 cm³/mol. The van der Waals surface area contributed by atoms with E-state index < -0.39 is 10.0 Å². The molecule has 1 amide bonds. The van der Waals surface area contributed by atoms with Crippen LogP contribution in [0, 0.1) is 0 Å². The summed E-state index contributed by atoms with van der Waals surface area (Å²) in [4.78, 5) is 11.6. The number of methoxy groups -OCH3 is 2. The number of sulfonamides is 1. The maximum atomic E-state index is 11.7. The number of benzene rings is 1. The van der Waals surface area contributed by atoms with Gasteiger partial charge in [0.15, 0.2) is 0 Å². The highest BCUT2D eigenvalue weighted by Crippen LogP contribution is 2.23. The molecule has 1 aromatic carbocycles. The van der Waals surface area contributed by atoms with E-state index in [2.05, 4.69) is 5.32 Å². The van der Waals surface area contributed by atoms with Crippen LogP contribution in [-0.2, 0) is 26.0 Å². The average Bonchev–Trinajstić information content (AvgIpc) is 2.42. The fraction of sp³-hybridized carbons (Fsp3) is 0.462. The number of nitrogens with one attached hydrogen (secondary N) is 1. The molecule has 0 bridgehead atoms. The van der Waals surface area contributed by atoms with Crippen molar-refractivity contribution in [1.82, 2.24) is 5.32 Å². The Morgan fingerprint density at radius 2 is 2.05 bits per heavy atom. The Bertz CT molecular complexity index is 586. The summed E-state index contributed by atoms with van der Waals surface area (Å²) in [5.41, 5.74) is 0.545. The van der Waals surface area contributed by atoms with Crippen molar-refractivity contribution in [3.05, 3.63) is 23.8 Å². The lowest BCUT2D eigenvalue weighted by atomic mass is 10.1. The number of carbonyl (C=O) groups is 1. The summed E-state index contributed by atoms with van der Waals surface area (Å²) in [7, 11) is -0.957. The number of primary sulfonamides is 1. The molecule has 0 unspecified atom stereocenters. The van der Waals surface area contributed by atoms with Gasteiger partial charge in [0.05, 0.1) is 13.5 Å². The molecule has 0 aliphatic carbocycles. The Labute approximate surface area is 124 Å².